The van der Waals surface area contributed by atoms with Gasteiger partial charge in [0.25, 0.3) is 0 Å². The molecule has 0 saturated heterocycles. The molecule has 2 nitrogen and oxygen atoms in total. The van der Waals surface area contributed by atoms with Gasteiger partial charge in [-0.1, -0.05) is 24.6 Å². The fourth-order valence-corrected chi connectivity index (χ4v) is 2.24. The standard InChI is InChI=1S/C15H16ClFN2/c1-2-12-4-3-5-19-15(12)10-18-9-11-6-13(16)8-14(17)7-11/h3-8,18H,2,9-10H2,1H3. The first-order valence-corrected chi connectivity index (χ1v) is 6.65. The molecule has 0 unspecified atom stereocenters. The van der Waals surface area contributed by atoms with E-state index >= 15 is 0 Å². The van der Waals surface area contributed by atoms with E-state index in [1.165, 1.54) is 17.7 Å². The molecule has 1 N–H and O–H groups in total. The van der Waals surface area contributed by atoms with Gasteiger partial charge in [-0.25, -0.2) is 4.39 Å². The van der Waals surface area contributed by atoms with Crippen LogP contribution < -0.4 is 5.32 Å². The van der Waals surface area contributed by atoms with E-state index in [-0.39, 0.29) is 5.82 Å². The summed E-state index contributed by atoms with van der Waals surface area (Å²) in [5, 5.41) is 3.68. The van der Waals surface area contributed by atoms with Crippen LogP contribution in [0.2, 0.25) is 5.02 Å². The lowest BCUT2D eigenvalue weighted by molar-refractivity contribution is 0.619. The Hall–Kier alpha value is -1.45. The van der Waals surface area contributed by atoms with E-state index in [2.05, 4.69) is 23.3 Å². The van der Waals surface area contributed by atoms with E-state index < -0.39 is 0 Å². The quantitative estimate of drug-likeness (QED) is 0.901. The highest BCUT2D eigenvalue weighted by atomic mass is 35.5. The lowest BCUT2D eigenvalue weighted by Crippen LogP contribution is -2.15. The minimum absolute atomic E-state index is 0.309. The van der Waals surface area contributed by atoms with Crippen molar-refractivity contribution in [2.45, 2.75) is 26.4 Å². The molecule has 100 valence electrons. The number of benzene rings is 1. The SMILES string of the molecule is CCc1cccnc1CNCc1cc(F)cc(Cl)c1. The van der Waals surface area contributed by atoms with Crippen molar-refractivity contribution in [2.75, 3.05) is 0 Å². The van der Waals surface area contributed by atoms with Crippen LogP contribution in [-0.4, -0.2) is 4.98 Å². The molecule has 2 rings (SSSR count). The first kappa shape index (κ1) is 14.0. The second kappa shape index (κ2) is 6.64. The Morgan fingerprint density at radius 3 is 2.84 bits per heavy atom. The van der Waals surface area contributed by atoms with Gasteiger partial charge in [0.05, 0.1) is 5.69 Å². The molecule has 1 heterocycles. The van der Waals surface area contributed by atoms with Crippen molar-refractivity contribution in [3.63, 3.8) is 0 Å². The van der Waals surface area contributed by atoms with Crippen LogP contribution in [0.5, 0.6) is 0 Å². The molecule has 2 aromatic rings. The average molecular weight is 279 g/mol. The Balaban J connectivity index is 1.96. The fraction of sp³-hybridized carbons (Fsp3) is 0.267. The van der Waals surface area contributed by atoms with Crippen LogP contribution in [0.15, 0.2) is 36.5 Å². The summed E-state index contributed by atoms with van der Waals surface area (Å²) in [5.41, 5.74) is 3.10. The molecule has 0 aliphatic heterocycles. The summed E-state index contributed by atoms with van der Waals surface area (Å²) in [6, 6.07) is 8.56. The first-order chi connectivity index (χ1) is 9.19. The second-order valence-electron chi connectivity index (χ2n) is 4.34. The smallest absolute Gasteiger partial charge is 0.125 e. The Morgan fingerprint density at radius 1 is 1.26 bits per heavy atom. The van der Waals surface area contributed by atoms with Gasteiger partial charge in [-0.2, -0.15) is 0 Å². The molecule has 0 aliphatic carbocycles. The third-order valence-corrected chi connectivity index (χ3v) is 3.13. The van der Waals surface area contributed by atoms with Gasteiger partial charge >= 0.3 is 0 Å². The molecule has 0 atom stereocenters. The van der Waals surface area contributed by atoms with Gasteiger partial charge in [-0.15, -0.1) is 0 Å². The number of aromatic nitrogens is 1. The highest BCUT2D eigenvalue weighted by molar-refractivity contribution is 6.30. The third-order valence-electron chi connectivity index (χ3n) is 2.91. The van der Waals surface area contributed by atoms with E-state index in [0.29, 0.717) is 18.1 Å². The minimum Gasteiger partial charge on any atom is -0.307 e. The summed E-state index contributed by atoms with van der Waals surface area (Å²) < 4.78 is 13.2. The molecular weight excluding hydrogens is 263 g/mol. The van der Waals surface area contributed by atoms with Crippen molar-refractivity contribution in [1.29, 1.82) is 0 Å². The van der Waals surface area contributed by atoms with Gasteiger partial charge in [0.1, 0.15) is 5.82 Å². The van der Waals surface area contributed by atoms with Crippen molar-refractivity contribution in [1.82, 2.24) is 10.3 Å². The lowest BCUT2D eigenvalue weighted by atomic mass is 10.1. The van der Waals surface area contributed by atoms with Gasteiger partial charge in [0, 0.05) is 24.3 Å². The number of halogens is 2. The van der Waals surface area contributed by atoms with E-state index in [1.807, 2.05) is 6.07 Å². The van der Waals surface area contributed by atoms with Crippen LogP contribution in [0.25, 0.3) is 0 Å². The van der Waals surface area contributed by atoms with Crippen LogP contribution in [0.1, 0.15) is 23.7 Å². The Morgan fingerprint density at radius 2 is 2.11 bits per heavy atom. The largest absolute Gasteiger partial charge is 0.307 e. The molecule has 0 spiro atoms. The van der Waals surface area contributed by atoms with Gasteiger partial charge in [-0.05, 0) is 41.8 Å². The van der Waals surface area contributed by atoms with E-state index in [1.54, 1.807) is 12.3 Å². The Labute approximate surface area is 117 Å². The maximum atomic E-state index is 13.2. The summed E-state index contributed by atoms with van der Waals surface area (Å²) in [5.74, 6) is -0.309. The van der Waals surface area contributed by atoms with Crippen LogP contribution in [0, 0.1) is 5.82 Å². The average Bonchev–Trinajstić information content (AvgIpc) is 2.38. The maximum Gasteiger partial charge on any atom is 0.125 e. The number of rotatable bonds is 5. The summed E-state index contributed by atoms with van der Waals surface area (Å²) >= 11 is 5.81. The predicted octanol–water partition coefficient (Wildman–Crippen LogP) is 3.73. The van der Waals surface area contributed by atoms with Gasteiger partial charge < -0.3 is 5.32 Å². The summed E-state index contributed by atoms with van der Waals surface area (Å²) in [6.07, 6.45) is 2.74. The van der Waals surface area contributed by atoms with E-state index in [9.17, 15) is 4.39 Å². The maximum absolute atomic E-state index is 13.2. The van der Waals surface area contributed by atoms with Gasteiger partial charge in [0.2, 0.25) is 0 Å². The van der Waals surface area contributed by atoms with Crippen molar-refractivity contribution in [3.05, 3.63) is 64.2 Å². The molecule has 0 aliphatic rings. The van der Waals surface area contributed by atoms with Gasteiger partial charge in [-0.3, -0.25) is 4.98 Å². The van der Waals surface area contributed by atoms with Crippen LogP contribution in [-0.2, 0) is 19.5 Å². The molecule has 0 amide bonds. The van der Waals surface area contributed by atoms with E-state index in [4.69, 9.17) is 11.6 Å². The molecule has 0 radical (unpaired) electrons. The third kappa shape index (κ3) is 4.01. The minimum atomic E-state index is -0.309. The molecule has 0 bridgehead atoms. The monoisotopic (exact) mass is 278 g/mol. The zero-order valence-electron chi connectivity index (χ0n) is 10.8. The van der Waals surface area contributed by atoms with Crippen LogP contribution in [0.3, 0.4) is 0 Å². The normalized spacial score (nSPS) is 10.7. The lowest BCUT2D eigenvalue weighted by Gasteiger charge is -2.08. The van der Waals surface area contributed by atoms with Gasteiger partial charge in [0.15, 0.2) is 0 Å². The first-order valence-electron chi connectivity index (χ1n) is 6.27. The zero-order chi connectivity index (χ0) is 13.7. The zero-order valence-corrected chi connectivity index (χ0v) is 11.5. The summed E-state index contributed by atoms with van der Waals surface area (Å²) in [4.78, 5) is 4.35. The molecule has 19 heavy (non-hydrogen) atoms. The van der Waals surface area contributed by atoms with Crippen LogP contribution >= 0.6 is 11.6 Å². The number of nitrogens with zero attached hydrogens (tertiary/aromatic N) is 1. The van der Waals surface area contributed by atoms with Crippen molar-refractivity contribution < 1.29 is 4.39 Å². The van der Waals surface area contributed by atoms with Crippen molar-refractivity contribution in [2.24, 2.45) is 0 Å². The number of pyridine rings is 1. The highest BCUT2D eigenvalue weighted by Crippen LogP contribution is 2.14. The number of nitrogens with one attached hydrogen (secondary N) is 1. The topological polar surface area (TPSA) is 24.9 Å². The molecule has 1 aromatic heterocycles. The highest BCUT2D eigenvalue weighted by Gasteiger charge is 2.02. The number of hydrogen-bond acceptors (Lipinski definition) is 2. The summed E-state index contributed by atoms with van der Waals surface area (Å²) in [7, 11) is 0. The number of hydrogen-bond donors (Lipinski definition) is 1. The Bertz CT molecular complexity index is 537. The Kier molecular flexibility index (Phi) is 4.88. The molecule has 0 fully saturated rings. The van der Waals surface area contributed by atoms with Crippen molar-refractivity contribution in [3.8, 4) is 0 Å². The molecule has 1 aromatic carbocycles. The van der Waals surface area contributed by atoms with Crippen LogP contribution in [0.4, 0.5) is 4.39 Å². The predicted molar refractivity (Wildman–Crippen MR) is 75.6 cm³/mol. The van der Waals surface area contributed by atoms with E-state index in [0.717, 1.165) is 17.7 Å². The second-order valence-corrected chi connectivity index (χ2v) is 4.78. The molecular formula is C15H16ClFN2. The van der Waals surface area contributed by atoms with Crippen molar-refractivity contribution >= 4 is 11.6 Å². The summed E-state index contributed by atoms with van der Waals surface area (Å²) in [6.45, 7) is 3.34. The number of aryl methyl sites for hydroxylation is 1. The fourth-order valence-electron chi connectivity index (χ4n) is 1.99. The molecule has 0 saturated carbocycles. The molecule has 4 heteroatoms.